The lowest BCUT2D eigenvalue weighted by molar-refractivity contribution is -0.113. The highest BCUT2D eigenvalue weighted by Crippen LogP contribution is 2.22. The predicted molar refractivity (Wildman–Crippen MR) is 119 cm³/mol. The van der Waals surface area contributed by atoms with E-state index in [2.05, 4.69) is 20.4 Å². The van der Waals surface area contributed by atoms with Gasteiger partial charge < -0.3 is 10.3 Å². The van der Waals surface area contributed by atoms with Gasteiger partial charge in [0, 0.05) is 5.69 Å². The number of carbonyl (C=O) groups is 1. The predicted octanol–water partition coefficient (Wildman–Crippen LogP) is 3.76. The monoisotopic (exact) mass is 419 g/mol. The summed E-state index contributed by atoms with van der Waals surface area (Å²) in [5.74, 6) is -0.0412. The second kappa shape index (κ2) is 8.16. The van der Waals surface area contributed by atoms with Crippen molar-refractivity contribution >= 4 is 34.4 Å². The zero-order valence-corrected chi connectivity index (χ0v) is 17.7. The highest BCUT2D eigenvalue weighted by atomic mass is 32.2. The number of fused-ring (bicyclic) bond motifs is 1. The van der Waals surface area contributed by atoms with Crippen LogP contribution in [0, 0.1) is 20.8 Å². The largest absolute Gasteiger partial charge is 0.325 e. The molecule has 4 rings (SSSR count). The summed E-state index contributed by atoms with van der Waals surface area (Å²) in [5.41, 5.74) is 5.01. The number of hydrogen-bond donors (Lipinski definition) is 2. The van der Waals surface area contributed by atoms with Crippen molar-refractivity contribution in [2.45, 2.75) is 25.9 Å². The quantitative estimate of drug-likeness (QED) is 0.379. The van der Waals surface area contributed by atoms with Gasteiger partial charge in [0.25, 0.3) is 5.56 Å². The van der Waals surface area contributed by atoms with E-state index in [9.17, 15) is 9.59 Å². The molecule has 0 aliphatic carbocycles. The molecule has 0 aliphatic rings. The number of nitrogens with zero attached hydrogens (tertiary/aromatic N) is 3. The number of amides is 1. The van der Waals surface area contributed by atoms with Crippen molar-refractivity contribution in [3.8, 4) is 5.69 Å². The Hall–Kier alpha value is -3.39. The maximum atomic E-state index is 12.5. The summed E-state index contributed by atoms with van der Waals surface area (Å²) < 4.78 is 1.67. The van der Waals surface area contributed by atoms with Crippen molar-refractivity contribution in [1.29, 1.82) is 0 Å². The number of benzene rings is 2. The summed E-state index contributed by atoms with van der Waals surface area (Å²) in [7, 11) is 0. The number of anilines is 1. The average Bonchev–Trinajstić information content (AvgIpc) is 3.15. The second-order valence-corrected chi connectivity index (χ2v) is 8.00. The molecule has 0 aliphatic heterocycles. The summed E-state index contributed by atoms with van der Waals surface area (Å²) in [6.07, 6.45) is 1.52. The Bertz CT molecular complexity index is 1310. The van der Waals surface area contributed by atoms with Crippen LogP contribution in [-0.4, -0.2) is 31.4 Å². The van der Waals surface area contributed by atoms with Gasteiger partial charge in [-0.05, 0) is 49.6 Å². The smallest absolute Gasteiger partial charge is 0.262 e. The van der Waals surface area contributed by atoms with Crippen LogP contribution in [0.5, 0.6) is 0 Å². The number of aromatic nitrogens is 4. The fraction of sp³-hybridized carbons (Fsp3) is 0.182. The number of nitrogens with one attached hydrogen (secondary N) is 2. The lowest BCUT2D eigenvalue weighted by Gasteiger charge is -2.10. The van der Waals surface area contributed by atoms with Gasteiger partial charge in [-0.1, -0.05) is 42.1 Å². The fourth-order valence-electron chi connectivity index (χ4n) is 3.14. The lowest BCUT2D eigenvalue weighted by atomic mass is 10.1. The van der Waals surface area contributed by atoms with Gasteiger partial charge in [-0.3, -0.25) is 9.59 Å². The van der Waals surface area contributed by atoms with Crippen molar-refractivity contribution in [3.63, 3.8) is 0 Å². The molecule has 0 spiro atoms. The van der Waals surface area contributed by atoms with E-state index in [-0.39, 0.29) is 17.2 Å². The van der Waals surface area contributed by atoms with Crippen molar-refractivity contribution in [1.82, 2.24) is 19.7 Å². The molecule has 0 radical (unpaired) electrons. The number of thioether (sulfide) groups is 1. The van der Waals surface area contributed by atoms with E-state index < -0.39 is 0 Å². The molecule has 7 nitrogen and oxygen atoms in total. The van der Waals surface area contributed by atoms with Gasteiger partial charge in [0.2, 0.25) is 5.91 Å². The van der Waals surface area contributed by atoms with Crippen molar-refractivity contribution in [2.24, 2.45) is 0 Å². The molecular formula is C22H21N5O2S. The molecule has 1 amide bonds. The summed E-state index contributed by atoms with van der Waals surface area (Å²) in [5, 5.41) is 8.04. The number of carbonyl (C=O) groups excluding carboxylic acids is 1. The minimum atomic E-state index is -0.279. The molecule has 0 unspecified atom stereocenters. The highest BCUT2D eigenvalue weighted by molar-refractivity contribution is 7.99. The van der Waals surface area contributed by atoms with Gasteiger partial charge >= 0.3 is 0 Å². The summed E-state index contributed by atoms with van der Waals surface area (Å²) in [6.45, 7) is 5.97. The van der Waals surface area contributed by atoms with Crippen LogP contribution in [0.3, 0.4) is 0 Å². The molecule has 2 heterocycles. The van der Waals surface area contributed by atoms with Crippen LogP contribution in [0.2, 0.25) is 0 Å². The molecule has 0 atom stereocenters. The molecule has 0 bridgehead atoms. The van der Waals surface area contributed by atoms with Gasteiger partial charge in [-0.15, -0.1) is 0 Å². The van der Waals surface area contributed by atoms with Crippen LogP contribution >= 0.6 is 11.8 Å². The first-order valence-electron chi connectivity index (χ1n) is 9.47. The van der Waals surface area contributed by atoms with Crippen LogP contribution in [0.4, 0.5) is 5.69 Å². The van der Waals surface area contributed by atoms with Crippen LogP contribution in [0.1, 0.15) is 16.7 Å². The Morgan fingerprint density at radius 1 is 1.10 bits per heavy atom. The van der Waals surface area contributed by atoms with Crippen LogP contribution in [-0.2, 0) is 4.79 Å². The van der Waals surface area contributed by atoms with Gasteiger partial charge in [0.1, 0.15) is 5.39 Å². The molecule has 2 N–H and O–H groups in total. The molecular weight excluding hydrogens is 398 g/mol. The number of aryl methyl sites for hydroxylation is 2. The first-order chi connectivity index (χ1) is 14.4. The first-order valence-corrected chi connectivity index (χ1v) is 10.5. The molecule has 8 heteroatoms. The Kier molecular flexibility index (Phi) is 5.41. The maximum Gasteiger partial charge on any atom is 0.262 e. The van der Waals surface area contributed by atoms with Crippen molar-refractivity contribution < 1.29 is 4.79 Å². The summed E-state index contributed by atoms with van der Waals surface area (Å²) in [4.78, 5) is 32.2. The molecule has 2 aromatic heterocycles. The number of H-pyrrole nitrogens is 1. The van der Waals surface area contributed by atoms with Gasteiger partial charge in [-0.2, -0.15) is 5.10 Å². The van der Waals surface area contributed by atoms with Crippen LogP contribution < -0.4 is 10.9 Å². The Morgan fingerprint density at radius 3 is 2.67 bits per heavy atom. The van der Waals surface area contributed by atoms with E-state index in [1.807, 2.05) is 63.2 Å². The zero-order chi connectivity index (χ0) is 21.3. The zero-order valence-electron chi connectivity index (χ0n) is 16.9. The van der Waals surface area contributed by atoms with Gasteiger partial charge in [-0.25, -0.2) is 9.67 Å². The lowest BCUT2D eigenvalue weighted by Crippen LogP contribution is -2.16. The number of rotatable bonds is 5. The minimum absolute atomic E-state index is 0.125. The Balaban J connectivity index is 1.60. The molecule has 0 fully saturated rings. The second-order valence-electron chi connectivity index (χ2n) is 7.04. The number of para-hydroxylation sites is 1. The normalized spacial score (nSPS) is 11.0. The van der Waals surface area contributed by atoms with Gasteiger partial charge in [0.15, 0.2) is 10.8 Å². The van der Waals surface area contributed by atoms with E-state index in [1.165, 1.54) is 18.0 Å². The van der Waals surface area contributed by atoms with E-state index in [1.54, 1.807) is 4.68 Å². The maximum absolute atomic E-state index is 12.5. The van der Waals surface area contributed by atoms with Crippen LogP contribution in [0.25, 0.3) is 16.7 Å². The third-order valence-electron chi connectivity index (χ3n) is 4.98. The summed E-state index contributed by atoms with van der Waals surface area (Å²) in [6, 6.07) is 13.5. The Labute approximate surface area is 177 Å². The van der Waals surface area contributed by atoms with Crippen molar-refractivity contribution in [2.75, 3.05) is 11.1 Å². The molecule has 0 saturated carbocycles. The molecule has 152 valence electrons. The van der Waals surface area contributed by atoms with Gasteiger partial charge in [0.05, 0.1) is 17.6 Å². The highest BCUT2D eigenvalue weighted by Gasteiger charge is 2.15. The molecule has 4 aromatic rings. The minimum Gasteiger partial charge on any atom is -0.325 e. The molecule has 30 heavy (non-hydrogen) atoms. The summed E-state index contributed by atoms with van der Waals surface area (Å²) >= 11 is 1.18. The molecule has 2 aromatic carbocycles. The SMILES string of the molecule is Cc1ccccc1NC(=O)CSc1nc2c(cnn2-c2cccc(C)c2C)c(=O)[nH]1. The number of hydrogen-bond acceptors (Lipinski definition) is 5. The third-order valence-corrected chi connectivity index (χ3v) is 5.85. The van der Waals surface area contributed by atoms with Crippen molar-refractivity contribution in [3.05, 3.63) is 75.7 Å². The Morgan fingerprint density at radius 2 is 1.87 bits per heavy atom. The topological polar surface area (TPSA) is 92.7 Å². The standard InChI is InChI=1S/C22H21N5O2S/c1-13-8-6-10-18(15(13)3)27-20-16(11-23-27)21(29)26-22(25-20)30-12-19(28)24-17-9-5-4-7-14(17)2/h4-11H,12H2,1-3H3,(H,24,28)(H,25,26,29). The fourth-order valence-corrected chi connectivity index (χ4v) is 3.80. The van der Waals surface area contributed by atoms with E-state index in [0.29, 0.717) is 16.2 Å². The third kappa shape index (κ3) is 3.86. The van der Waals surface area contributed by atoms with E-state index >= 15 is 0 Å². The van der Waals surface area contributed by atoms with Crippen LogP contribution in [0.15, 0.2) is 58.6 Å². The van der Waals surface area contributed by atoms with E-state index in [4.69, 9.17) is 0 Å². The number of aromatic amines is 1. The first kappa shape index (κ1) is 19.9. The average molecular weight is 420 g/mol. The van der Waals surface area contributed by atoms with E-state index in [0.717, 1.165) is 28.1 Å². The molecule has 0 saturated heterocycles.